The Kier molecular flexibility index (Phi) is 3.55. The number of nitrogens with zero attached hydrogens (tertiary/aromatic N) is 3. The highest BCUT2D eigenvalue weighted by atomic mass is 19.1. The molecule has 1 aromatic carbocycles. The van der Waals surface area contributed by atoms with Gasteiger partial charge in [-0.2, -0.15) is 0 Å². The molecule has 4 rings (SSSR count). The van der Waals surface area contributed by atoms with E-state index in [0.29, 0.717) is 34.9 Å². The summed E-state index contributed by atoms with van der Waals surface area (Å²) in [6.07, 6.45) is 2.76. The molecule has 24 heavy (non-hydrogen) atoms. The molecule has 0 bridgehead atoms. The molecule has 1 fully saturated rings. The summed E-state index contributed by atoms with van der Waals surface area (Å²) in [5, 5.41) is 3.83. The van der Waals surface area contributed by atoms with Gasteiger partial charge in [0.25, 0.3) is 5.91 Å². The van der Waals surface area contributed by atoms with Crippen LogP contribution in [0.2, 0.25) is 0 Å². The van der Waals surface area contributed by atoms with Gasteiger partial charge in [-0.15, -0.1) is 0 Å². The van der Waals surface area contributed by atoms with Gasteiger partial charge in [0.2, 0.25) is 0 Å². The van der Waals surface area contributed by atoms with Gasteiger partial charge >= 0.3 is 0 Å². The minimum Gasteiger partial charge on any atom is -0.361 e. The number of likely N-dealkylation sites (tertiary alicyclic amines) is 1. The first-order chi connectivity index (χ1) is 11.6. The molecule has 0 saturated carbocycles. The Hall–Kier alpha value is -2.70. The number of piperidine rings is 1. The molecule has 124 valence electrons. The number of fused-ring (bicyclic) bond motifs is 1. The monoisotopic (exact) mass is 328 g/mol. The Balaban J connectivity index is 1.69. The van der Waals surface area contributed by atoms with Crippen LogP contribution in [0.1, 0.15) is 47.4 Å². The summed E-state index contributed by atoms with van der Waals surface area (Å²) in [6.45, 7) is 2.39. The van der Waals surface area contributed by atoms with Crippen LogP contribution >= 0.6 is 0 Å². The Bertz CT molecular complexity index is 901. The second kappa shape index (κ2) is 5.74. The Morgan fingerprint density at radius 3 is 3.04 bits per heavy atom. The van der Waals surface area contributed by atoms with Crippen LogP contribution in [0.15, 0.2) is 28.8 Å². The zero-order chi connectivity index (χ0) is 16.7. The molecule has 0 spiro atoms. The van der Waals surface area contributed by atoms with Crippen molar-refractivity contribution in [2.24, 2.45) is 0 Å². The summed E-state index contributed by atoms with van der Waals surface area (Å²) in [5.41, 5.74) is 1.64. The molecule has 1 aliphatic heterocycles. The molecule has 1 atom stereocenters. The van der Waals surface area contributed by atoms with Crippen molar-refractivity contribution in [2.45, 2.75) is 32.2 Å². The normalized spacial score (nSPS) is 18.2. The molecule has 1 N–H and O–H groups in total. The molecule has 6 nitrogen and oxygen atoms in total. The lowest BCUT2D eigenvalue weighted by molar-refractivity contribution is 0.0590. The van der Waals surface area contributed by atoms with Gasteiger partial charge in [0.15, 0.2) is 5.69 Å². The summed E-state index contributed by atoms with van der Waals surface area (Å²) >= 11 is 0. The van der Waals surface area contributed by atoms with Crippen LogP contribution in [0.25, 0.3) is 11.0 Å². The molecular weight excluding hydrogens is 311 g/mol. The summed E-state index contributed by atoms with van der Waals surface area (Å²) in [4.78, 5) is 22.2. The molecule has 1 aliphatic rings. The lowest BCUT2D eigenvalue weighted by Crippen LogP contribution is -2.39. The first-order valence-electron chi connectivity index (χ1n) is 8.01. The van der Waals surface area contributed by atoms with Gasteiger partial charge in [-0.25, -0.2) is 9.37 Å². The number of H-pyrrole nitrogens is 1. The van der Waals surface area contributed by atoms with E-state index in [9.17, 15) is 9.18 Å². The maximum absolute atomic E-state index is 13.4. The number of imidazole rings is 1. The van der Waals surface area contributed by atoms with Crippen LogP contribution in [-0.4, -0.2) is 32.5 Å². The fourth-order valence-electron chi connectivity index (χ4n) is 3.23. The van der Waals surface area contributed by atoms with E-state index in [2.05, 4.69) is 15.1 Å². The van der Waals surface area contributed by atoms with E-state index in [4.69, 9.17) is 4.52 Å². The van der Waals surface area contributed by atoms with Crippen LogP contribution in [0, 0.1) is 12.7 Å². The second-order valence-electron chi connectivity index (χ2n) is 6.12. The van der Waals surface area contributed by atoms with Crippen molar-refractivity contribution in [1.82, 2.24) is 20.0 Å². The summed E-state index contributed by atoms with van der Waals surface area (Å²) in [7, 11) is 0. The Morgan fingerprint density at radius 1 is 1.38 bits per heavy atom. The van der Waals surface area contributed by atoms with Crippen LogP contribution in [-0.2, 0) is 0 Å². The fourth-order valence-corrected chi connectivity index (χ4v) is 3.23. The summed E-state index contributed by atoms with van der Waals surface area (Å²) in [5.74, 6) is 0.811. The number of rotatable bonds is 2. The van der Waals surface area contributed by atoms with Gasteiger partial charge in [-0.05, 0) is 44.4 Å². The minimum absolute atomic E-state index is 0.164. The first kappa shape index (κ1) is 14.9. The van der Waals surface area contributed by atoms with Crippen molar-refractivity contribution >= 4 is 16.9 Å². The largest absolute Gasteiger partial charge is 0.361 e. The number of hydrogen-bond donors (Lipinski definition) is 1. The Labute approximate surface area is 137 Å². The number of carbonyl (C=O) groups excluding carboxylic acids is 1. The predicted octanol–water partition coefficient (Wildman–Crippen LogP) is 3.37. The maximum atomic E-state index is 13.4. The molecule has 3 aromatic rings. The average molecular weight is 328 g/mol. The topological polar surface area (TPSA) is 75.0 Å². The lowest BCUT2D eigenvalue weighted by atomic mass is 10.0. The van der Waals surface area contributed by atoms with Gasteiger partial charge in [0.1, 0.15) is 17.4 Å². The van der Waals surface area contributed by atoms with Crippen molar-refractivity contribution in [3.05, 3.63) is 47.4 Å². The SMILES string of the molecule is Cc1cc(C(=O)N2CCCC[C@H]2c2nc3ccc(F)cc3[nH]2)no1. The highest BCUT2D eigenvalue weighted by Crippen LogP contribution is 2.31. The number of halogens is 1. The van der Waals surface area contributed by atoms with E-state index in [-0.39, 0.29) is 17.8 Å². The minimum atomic E-state index is -0.313. The number of amides is 1. The first-order valence-corrected chi connectivity index (χ1v) is 8.01. The van der Waals surface area contributed by atoms with Crippen LogP contribution in [0.5, 0.6) is 0 Å². The van der Waals surface area contributed by atoms with Gasteiger partial charge in [0, 0.05) is 12.6 Å². The van der Waals surface area contributed by atoms with E-state index in [1.54, 1.807) is 24.0 Å². The lowest BCUT2D eigenvalue weighted by Gasteiger charge is -2.33. The fraction of sp³-hybridized carbons (Fsp3) is 0.353. The molecule has 7 heteroatoms. The molecular formula is C17H17FN4O2. The number of aromatic nitrogens is 3. The van der Waals surface area contributed by atoms with Crippen molar-refractivity contribution in [1.29, 1.82) is 0 Å². The molecule has 2 aromatic heterocycles. The third kappa shape index (κ3) is 2.55. The molecule has 0 aliphatic carbocycles. The molecule has 1 saturated heterocycles. The van der Waals surface area contributed by atoms with Gasteiger partial charge in [0.05, 0.1) is 17.1 Å². The van der Waals surface area contributed by atoms with Crippen molar-refractivity contribution in [2.75, 3.05) is 6.54 Å². The van der Waals surface area contributed by atoms with E-state index >= 15 is 0 Å². The predicted molar refractivity (Wildman–Crippen MR) is 84.9 cm³/mol. The zero-order valence-electron chi connectivity index (χ0n) is 13.3. The Morgan fingerprint density at radius 2 is 2.25 bits per heavy atom. The number of nitrogens with one attached hydrogen (secondary N) is 1. The van der Waals surface area contributed by atoms with E-state index in [1.165, 1.54) is 12.1 Å². The molecule has 0 unspecified atom stereocenters. The third-order valence-corrected chi connectivity index (χ3v) is 4.39. The number of aromatic amines is 1. The van der Waals surface area contributed by atoms with E-state index < -0.39 is 0 Å². The van der Waals surface area contributed by atoms with E-state index in [0.717, 1.165) is 19.3 Å². The zero-order valence-corrected chi connectivity index (χ0v) is 13.3. The van der Waals surface area contributed by atoms with Gasteiger partial charge in [-0.3, -0.25) is 4.79 Å². The van der Waals surface area contributed by atoms with Crippen LogP contribution < -0.4 is 0 Å². The van der Waals surface area contributed by atoms with Gasteiger partial charge in [-0.1, -0.05) is 5.16 Å². The average Bonchev–Trinajstić information content (AvgIpc) is 3.20. The quantitative estimate of drug-likeness (QED) is 0.782. The standard InChI is InChI=1S/C17H17FN4O2/c1-10-8-14(21-24-10)17(23)22-7-3-2-4-15(22)16-19-12-6-5-11(18)9-13(12)20-16/h5-6,8-9,15H,2-4,7H2,1H3,(H,19,20)/t15-/m0/s1. The highest BCUT2D eigenvalue weighted by molar-refractivity contribution is 5.92. The summed E-state index contributed by atoms with van der Waals surface area (Å²) < 4.78 is 18.4. The van der Waals surface area contributed by atoms with E-state index in [1.807, 2.05) is 0 Å². The van der Waals surface area contributed by atoms with Crippen LogP contribution in [0.4, 0.5) is 4.39 Å². The molecule has 1 amide bonds. The number of carbonyl (C=O) groups is 1. The van der Waals surface area contributed by atoms with Gasteiger partial charge < -0.3 is 14.4 Å². The second-order valence-corrected chi connectivity index (χ2v) is 6.12. The smallest absolute Gasteiger partial charge is 0.276 e. The maximum Gasteiger partial charge on any atom is 0.276 e. The number of benzene rings is 1. The van der Waals surface area contributed by atoms with Crippen LogP contribution in [0.3, 0.4) is 0 Å². The van der Waals surface area contributed by atoms with Crippen molar-refractivity contribution in [3.8, 4) is 0 Å². The number of aryl methyl sites for hydroxylation is 1. The number of hydrogen-bond acceptors (Lipinski definition) is 4. The van der Waals surface area contributed by atoms with Crippen molar-refractivity contribution < 1.29 is 13.7 Å². The third-order valence-electron chi connectivity index (χ3n) is 4.39. The molecule has 3 heterocycles. The highest BCUT2D eigenvalue weighted by Gasteiger charge is 2.32. The summed E-state index contributed by atoms with van der Waals surface area (Å²) in [6, 6.07) is 5.91. The molecule has 0 radical (unpaired) electrons. The van der Waals surface area contributed by atoms with Crippen molar-refractivity contribution in [3.63, 3.8) is 0 Å².